The molecule has 3 rings (SSSR count). The van der Waals surface area contributed by atoms with Crippen molar-refractivity contribution in [2.24, 2.45) is 0 Å². The Morgan fingerprint density at radius 2 is 2.15 bits per heavy atom. The van der Waals surface area contributed by atoms with Crippen LogP contribution in [0.1, 0.15) is 31.7 Å². The van der Waals surface area contributed by atoms with Gasteiger partial charge in [-0.05, 0) is 30.2 Å². The molecule has 1 heterocycles. The third-order valence-electron chi connectivity index (χ3n) is 3.75. The first kappa shape index (κ1) is 13.1. The summed E-state index contributed by atoms with van der Waals surface area (Å²) in [6.45, 7) is 0. The fourth-order valence-corrected chi connectivity index (χ4v) is 2.60. The number of ether oxygens (including phenoxy) is 1. The molecule has 1 fully saturated rings. The first-order valence-electron chi connectivity index (χ1n) is 6.90. The maximum absolute atomic E-state index is 10.0. The summed E-state index contributed by atoms with van der Waals surface area (Å²) in [4.78, 5) is 1.55. The van der Waals surface area contributed by atoms with Crippen molar-refractivity contribution in [3.63, 3.8) is 0 Å². The van der Waals surface area contributed by atoms with Gasteiger partial charge in [0.1, 0.15) is 5.75 Å². The summed E-state index contributed by atoms with van der Waals surface area (Å²) < 4.78 is 5.19. The van der Waals surface area contributed by atoms with Crippen LogP contribution >= 0.6 is 0 Å². The van der Waals surface area contributed by atoms with Crippen molar-refractivity contribution < 1.29 is 9.84 Å². The van der Waals surface area contributed by atoms with E-state index in [0.29, 0.717) is 5.82 Å². The van der Waals surface area contributed by atoms with Gasteiger partial charge in [-0.3, -0.25) is 0 Å². The third-order valence-corrected chi connectivity index (χ3v) is 3.75. The molecular formula is C14H18N4O2. The first-order chi connectivity index (χ1) is 9.78. The van der Waals surface area contributed by atoms with Gasteiger partial charge in [-0.1, -0.05) is 25.0 Å². The van der Waals surface area contributed by atoms with Gasteiger partial charge in [0.05, 0.1) is 19.3 Å². The zero-order valence-electron chi connectivity index (χ0n) is 11.4. The van der Waals surface area contributed by atoms with Gasteiger partial charge in [0.15, 0.2) is 0 Å². The Labute approximate surface area is 117 Å². The maximum Gasteiger partial charge on any atom is 0.205 e. The molecule has 20 heavy (non-hydrogen) atoms. The molecule has 0 amide bonds. The highest BCUT2D eigenvalue weighted by Gasteiger charge is 2.26. The Bertz CT molecular complexity index is 584. The topological polar surface area (TPSA) is 73.1 Å². The van der Waals surface area contributed by atoms with Crippen LogP contribution in [-0.4, -0.2) is 38.5 Å². The number of aliphatic hydroxyl groups excluding tert-OH is 1. The molecule has 1 aliphatic rings. The average molecular weight is 274 g/mol. The van der Waals surface area contributed by atoms with Crippen molar-refractivity contribution in [2.75, 3.05) is 7.11 Å². The normalized spacial score (nSPS) is 22.7. The molecule has 0 saturated heterocycles. The van der Waals surface area contributed by atoms with Gasteiger partial charge >= 0.3 is 0 Å². The summed E-state index contributed by atoms with van der Waals surface area (Å²) in [5.41, 5.74) is 0.862. The third kappa shape index (κ3) is 2.51. The number of benzene rings is 1. The van der Waals surface area contributed by atoms with Crippen LogP contribution in [0.25, 0.3) is 11.4 Å². The number of nitrogens with zero attached hydrogens (tertiary/aromatic N) is 4. The van der Waals surface area contributed by atoms with Gasteiger partial charge in [0.2, 0.25) is 5.82 Å². The van der Waals surface area contributed by atoms with E-state index in [1.54, 1.807) is 11.9 Å². The summed E-state index contributed by atoms with van der Waals surface area (Å²) in [6, 6.07) is 7.50. The van der Waals surface area contributed by atoms with Gasteiger partial charge in [-0.25, -0.2) is 0 Å². The molecule has 0 spiro atoms. The minimum Gasteiger partial charge on any atom is -0.497 e. The van der Waals surface area contributed by atoms with Crippen LogP contribution in [0.15, 0.2) is 24.3 Å². The van der Waals surface area contributed by atoms with Crippen molar-refractivity contribution in [2.45, 2.75) is 37.8 Å². The molecular weight excluding hydrogens is 256 g/mol. The quantitative estimate of drug-likeness (QED) is 0.924. The van der Waals surface area contributed by atoms with E-state index < -0.39 is 0 Å². The highest BCUT2D eigenvalue weighted by atomic mass is 16.5. The van der Waals surface area contributed by atoms with E-state index in [4.69, 9.17) is 4.74 Å². The Hall–Kier alpha value is -1.95. The van der Waals surface area contributed by atoms with Crippen LogP contribution in [0.4, 0.5) is 0 Å². The van der Waals surface area contributed by atoms with E-state index in [-0.39, 0.29) is 12.1 Å². The largest absolute Gasteiger partial charge is 0.497 e. The standard InChI is InChI=1S/C14H18N4O2/c1-20-11-6-4-5-10(9-11)14-15-17-18(16-14)12-7-2-3-8-13(12)19/h4-6,9,12-13,19H,2-3,7-8H2,1H3/t12-,13-/m1/s1. The van der Waals surface area contributed by atoms with Crippen LogP contribution in [0.2, 0.25) is 0 Å². The Morgan fingerprint density at radius 1 is 1.30 bits per heavy atom. The maximum atomic E-state index is 10.0. The summed E-state index contributed by atoms with van der Waals surface area (Å²) in [5.74, 6) is 1.32. The molecule has 1 N–H and O–H groups in total. The fraction of sp³-hybridized carbons (Fsp3) is 0.500. The SMILES string of the molecule is COc1cccc(-c2nnn([C@@H]3CCCC[C@H]3O)n2)c1. The van der Waals surface area contributed by atoms with Crippen LogP contribution in [0, 0.1) is 0 Å². The molecule has 6 heteroatoms. The van der Waals surface area contributed by atoms with E-state index in [2.05, 4.69) is 15.4 Å². The summed E-state index contributed by atoms with van der Waals surface area (Å²) in [6.07, 6.45) is 3.49. The number of rotatable bonds is 3. The van der Waals surface area contributed by atoms with Crippen molar-refractivity contribution in [1.82, 2.24) is 20.2 Å². The number of aliphatic hydroxyl groups is 1. The second kappa shape index (κ2) is 5.58. The molecule has 1 aromatic heterocycles. The van der Waals surface area contributed by atoms with E-state index in [9.17, 15) is 5.11 Å². The Balaban J connectivity index is 1.85. The molecule has 0 radical (unpaired) electrons. The highest BCUT2D eigenvalue weighted by Crippen LogP contribution is 2.28. The molecule has 1 aromatic carbocycles. The lowest BCUT2D eigenvalue weighted by Crippen LogP contribution is -2.29. The lowest BCUT2D eigenvalue weighted by molar-refractivity contribution is 0.0614. The zero-order valence-corrected chi connectivity index (χ0v) is 11.4. The molecule has 1 aliphatic carbocycles. The van der Waals surface area contributed by atoms with Gasteiger partial charge < -0.3 is 9.84 Å². The van der Waals surface area contributed by atoms with E-state index >= 15 is 0 Å². The lowest BCUT2D eigenvalue weighted by atomic mass is 9.93. The molecule has 2 aromatic rings. The van der Waals surface area contributed by atoms with Gasteiger partial charge in [0, 0.05) is 5.56 Å². The van der Waals surface area contributed by atoms with Gasteiger partial charge in [0.25, 0.3) is 0 Å². The van der Waals surface area contributed by atoms with Crippen molar-refractivity contribution in [3.8, 4) is 17.1 Å². The Morgan fingerprint density at radius 3 is 2.95 bits per heavy atom. The first-order valence-corrected chi connectivity index (χ1v) is 6.90. The van der Waals surface area contributed by atoms with Crippen LogP contribution in [0.3, 0.4) is 0 Å². The predicted octanol–water partition coefficient (Wildman–Crippen LogP) is 1.82. The summed E-state index contributed by atoms with van der Waals surface area (Å²) in [7, 11) is 1.63. The number of hydrogen-bond donors (Lipinski definition) is 1. The number of aromatic nitrogens is 4. The molecule has 0 unspecified atom stereocenters. The Kier molecular flexibility index (Phi) is 3.64. The molecule has 1 saturated carbocycles. The van der Waals surface area contributed by atoms with E-state index in [0.717, 1.165) is 37.0 Å². The predicted molar refractivity (Wildman–Crippen MR) is 73.3 cm³/mol. The highest BCUT2D eigenvalue weighted by molar-refractivity contribution is 5.56. The van der Waals surface area contributed by atoms with Gasteiger partial charge in [-0.15, -0.1) is 10.2 Å². The molecule has 6 nitrogen and oxygen atoms in total. The minimum absolute atomic E-state index is 0.0596. The second-order valence-corrected chi connectivity index (χ2v) is 5.08. The summed E-state index contributed by atoms with van der Waals surface area (Å²) in [5, 5.41) is 22.6. The average Bonchev–Trinajstić information content (AvgIpc) is 2.97. The number of hydrogen-bond acceptors (Lipinski definition) is 5. The van der Waals surface area contributed by atoms with Crippen LogP contribution < -0.4 is 4.74 Å². The second-order valence-electron chi connectivity index (χ2n) is 5.08. The zero-order chi connectivity index (χ0) is 13.9. The fourth-order valence-electron chi connectivity index (χ4n) is 2.60. The van der Waals surface area contributed by atoms with Gasteiger partial charge in [-0.2, -0.15) is 4.80 Å². The molecule has 0 bridgehead atoms. The number of methoxy groups -OCH3 is 1. The van der Waals surface area contributed by atoms with E-state index in [1.165, 1.54) is 0 Å². The summed E-state index contributed by atoms with van der Waals surface area (Å²) >= 11 is 0. The van der Waals surface area contributed by atoms with E-state index in [1.807, 2.05) is 24.3 Å². The smallest absolute Gasteiger partial charge is 0.205 e. The van der Waals surface area contributed by atoms with Crippen LogP contribution in [-0.2, 0) is 0 Å². The monoisotopic (exact) mass is 274 g/mol. The molecule has 0 aliphatic heterocycles. The van der Waals surface area contributed by atoms with Crippen molar-refractivity contribution >= 4 is 0 Å². The lowest BCUT2D eigenvalue weighted by Gasteiger charge is -2.25. The number of tetrazole rings is 1. The van der Waals surface area contributed by atoms with Crippen molar-refractivity contribution in [3.05, 3.63) is 24.3 Å². The molecule has 106 valence electrons. The molecule has 2 atom stereocenters. The minimum atomic E-state index is -0.379. The van der Waals surface area contributed by atoms with Crippen molar-refractivity contribution in [1.29, 1.82) is 0 Å². The van der Waals surface area contributed by atoms with Crippen LogP contribution in [0.5, 0.6) is 5.75 Å².